The van der Waals surface area contributed by atoms with Crippen molar-refractivity contribution in [1.29, 1.82) is 0 Å². The van der Waals surface area contributed by atoms with Gasteiger partial charge in [0.15, 0.2) is 5.11 Å². The number of benzene rings is 1. The van der Waals surface area contributed by atoms with Crippen LogP contribution in [0.5, 0.6) is 0 Å². The van der Waals surface area contributed by atoms with Crippen LogP contribution in [0.15, 0.2) is 40.3 Å². The van der Waals surface area contributed by atoms with Gasteiger partial charge in [-0.25, -0.2) is 4.79 Å². The molecule has 7 nitrogen and oxygen atoms in total. The van der Waals surface area contributed by atoms with Gasteiger partial charge in [0.2, 0.25) is 0 Å². The fraction of sp³-hybridized carbons (Fsp3) is 0.111. The molecule has 138 valence electrons. The van der Waals surface area contributed by atoms with Crippen LogP contribution in [0.2, 0.25) is 5.02 Å². The highest BCUT2D eigenvalue weighted by Crippen LogP contribution is 2.28. The quantitative estimate of drug-likeness (QED) is 0.461. The summed E-state index contributed by atoms with van der Waals surface area (Å²) in [7, 11) is 0. The first-order chi connectivity index (χ1) is 12.8. The van der Waals surface area contributed by atoms with Crippen molar-refractivity contribution >= 4 is 52.8 Å². The van der Waals surface area contributed by atoms with Gasteiger partial charge in [-0.15, -0.1) is 0 Å². The first-order valence-electron chi connectivity index (χ1n) is 7.83. The number of hydrogen-bond acceptors (Lipinski definition) is 5. The molecule has 0 radical (unpaired) electrons. The van der Waals surface area contributed by atoms with Crippen LogP contribution in [-0.4, -0.2) is 39.4 Å². The Balaban J connectivity index is 1.94. The lowest BCUT2D eigenvalue weighted by atomic mass is 10.1. The number of thiocarbonyl (C=S) groups is 1. The van der Waals surface area contributed by atoms with E-state index >= 15 is 0 Å². The summed E-state index contributed by atoms with van der Waals surface area (Å²) in [5, 5.41) is 11.8. The number of carbonyl (C=O) groups is 3. The van der Waals surface area contributed by atoms with Crippen molar-refractivity contribution in [1.82, 2.24) is 10.2 Å². The van der Waals surface area contributed by atoms with Gasteiger partial charge in [-0.1, -0.05) is 11.6 Å². The topological polar surface area (TPSA) is 99.8 Å². The van der Waals surface area contributed by atoms with Crippen molar-refractivity contribution in [3.8, 4) is 11.3 Å². The first kappa shape index (κ1) is 18.8. The molecule has 1 aromatic heterocycles. The lowest BCUT2D eigenvalue weighted by Crippen LogP contribution is -2.53. The highest BCUT2D eigenvalue weighted by molar-refractivity contribution is 7.80. The van der Waals surface area contributed by atoms with Gasteiger partial charge in [0, 0.05) is 12.1 Å². The van der Waals surface area contributed by atoms with Gasteiger partial charge < -0.3 is 9.52 Å². The number of rotatable bonds is 4. The minimum Gasteiger partial charge on any atom is -0.478 e. The second-order valence-electron chi connectivity index (χ2n) is 5.57. The molecule has 0 spiro atoms. The normalized spacial score (nSPS) is 16.0. The summed E-state index contributed by atoms with van der Waals surface area (Å²) in [5.74, 6) is -1.64. The van der Waals surface area contributed by atoms with Gasteiger partial charge in [-0.05, 0) is 55.5 Å². The molecule has 3 rings (SSSR count). The number of furan rings is 1. The second kappa shape index (κ2) is 7.34. The molecule has 1 saturated heterocycles. The molecule has 0 unspecified atom stereocenters. The van der Waals surface area contributed by atoms with E-state index in [0.29, 0.717) is 17.9 Å². The van der Waals surface area contributed by atoms with Gasteiger partial charge in [-0.3, -0.25) is 19.8 Å². The van der Waals surface area contributed by atoms with Gasteiger partial charge in [0.25, 0.3) is 11.8 Å². The van der Waals surface area contributed by atoms with Crippen molar-refractivity contribution in [3.63, 3.8) is 0 Å². The van der Waals surface area contributed by atoms with E-state index in [1.54, 1.807) is 25.1 Å². The summed E-state index contributed by atoms with van der Waals surface area (Å²) in [6, 6.07) is 7.63. The molecule has 27 heavy (non-hydrogen) atoms. The summed E-state index contributed by atoms with van der Waals surface area (Å²) >= 11 is 10.8. The van der Waals surface area contributed by atoms with Gasteiger partial charge in [0.05, 0.1) is 10.6 Å². The van der Waals surface area contributed by atoms with Crippen molar-refractivity contribution in [3.05, 3.63) is 52.3 Å². The Morgan fingerprint density at radius 3 is 2.74 bits per heavy atom. The number of halogens is 1. The van der Waals surface area contributed by atoms with E-state index < -0.39 is 17.8 Å². The zero-order valence-electron chi connectivity index (χ0n) is 14.0. The molecule has 0 aliphatic carbocycles. The van der Waals surface area contributed by atoms with Gasteiger partial charge >= 0.3 is 5.97 Å². The largest absolute Gasteiger partial charge is 0.478 e. The first-order valence-corrected chi connectivity index (χ1v) is 8.62. The van der Waals surface area contributed by atoms with Crippen LogP contribution in [-0.2, 0) is 9.59 Å². The summed E-state index contributed by atoms with van der Waals surface area (Å²) < 4.78 is 5.64. The number of nitrogens with one attached hydrogen (secondary N) is 1. The molecule has 0 saturated carbocycles. The Bertz CT molecular complexity index is 1010. The van der Waals surface area contributed by atoms with Gasteiger partial charge in [-0.2, -0.15) is 0 Å². The molecule has 9 heteroatoms. The Morgan fingerprint density at radius 2 is 2.07 bits per heavy atom. The maximum absolute atomic E-state index is 12.4. The number of carboxylic acids is 1. The minimum absolute atomic E-state index is 0.0561. The molecule has 1 aromatic carbocycles. The number of carboxylic acid groups (broad SMARTS) is 1. The van der Waals surface area contributed by atoms with Crippen LogP contribution in [0.4, 0.5) is 0 Å². The third-order valence-corrected chi connectivity index (χ3v) is 4.55. The van der Waals surface area contributed by atoms with Crippen LogP contribution in [0.3, 0.4) is 0 Å². The van der Waals surface area contributed by atoms with E-state index in [9.17, 15) is 14.4 Å². The van der Waals surface area contributed by atoms with Crippen molar-refractivity contribution < 1.29 is 23.9 Å². The van der Waals surface area contributed by atoms with E-state index in [2.05, 4.69) is 5.32 Å². The van der Waals surface area contributed by atoms with Crippen molar-refractivity contribution in [2.24, 2.45) is 0 Å². The molecule has 2 heterocycles. The molecule has 2 amide bonds. The summed E-state index contributed by atoms with van der Waals surface area (Å²) in [4.78, 5) is 37.0. The van der Waals surface area contributed by atoms with E-state index in [4.69, 9.17) is 33.3 Å². The third kappa shape index (κ3) is 3.62. The number of amides is 2. The smallest absolute Gasteiger partial charge is 0.337 e. The number of likely N-dealkylation sites (N-methyl/N-ethyl adjacent to an activating group) is 1. The zero-order chi connectivity index (χ0) is 19.7. The molecule has 0 atom stereocenters. The number of nitrogens with zero attached hydrogens (tertiary/aromatic N) is 1. The standard InChI is InChI=1S/C18H13ClN2O5S/c1-2-21-16(23)12(15(22)20-18(21)27)8-10-4-6-14(26-10)9-3-5-13(19)11(7-9)17(24)25/h3-8H,2H2,1H3,(H,24,25)(H,20,22,27)/b12-8+. The predicted molar refractivity (Wildman–Crippen MR) is 102 cm³/mol. The third-order valence-electron chi connectivity index (χ3n) is 3.90. The van der Waals surface area contributed by atoms with Crippen LogP contribution in [0, 0.1) is 0 Å². The molecular weight excluding hydrogens is 392 g/mol. The average Bonchev–Trinajstić information content (AvgIpc) is 3.07. The van der Waals surface area contributed by atoms with E-state index in [1.807, 2.05) is 0 Å². The van der Waals surface area contributed by atoms with E-state index in [0.717, 1.165) is 0 Å². The summed E-state index contributed by atoms with van der Waals surface area (Å²) in [6.07, 6.45) is 1.32. The molecular formula is C18H13ClN2O5S. The SMILES string of the molecule is CCN1C(=O)/C(=C/c2ccc(-c3ccc(Cl)c(C(=O)O)c3)o2)C(=O)NC1=S. The highest BCUT2D eigenvalue weighted by atomic mass is 35.5. The van der Waals surface area contributed by atoms with Crippen LogP contribution >= 0.6 is 23.8 Å². The number of hydrogen-bond donors (Lipinski definition) is 2. The monoisotopic (exact) mass is 404 g/mol. The van der Waals surface area contributed by atoms with E-state index in [1.165, 1.54) is 23.1 Å². The maximum Gasteiger partial charge on any atom is 0.337 e. The van der Waals surface area contributed by atoms with Crippen molar-refractivity contribution in [2.75, 3.05) is 6.54 Å². The second-order valence-corrected chi connectivity index (χ2v) is 6.36. The molecule has 0 bridgehead atoms. The number of aromatic carboxylic acids is 1. The Kier molecular flexibility index (Phi) is 5.11. The van der Waals surface area contributed by atoms with E-state index in [-0.39, 0.29) is 27.0 Å². The lowest BCUT2D eigenvalue weighted by Gasteiger charge is -2.27. The molecule has 2 aromatic rings. The molecule has 1 aliphatic rings. The Morgan fingerprint density at radius 1 is 1.33 bits per heavy atom. The average molecular weight is 405 g/mol. The molecule has 1 aliphatic heterocycles. The van der Waals surface area contributed by atoms with Gasteiger partial charge in [0.1, 0.15) is 17.1 Å². The van der Waals surface area contributed by atoms with Crippen molar-refractivity contribution in [2.45, 2.75) is 6.92 Å². The lowest BCUT2D eigenvalue weighted by molar-refractivity contribution is -0.128. The number of carbonyl (C=O) groups excluding carboxylic acids is 2. The fourth-order valence-electron chi connectivity index (χ4n) is 2.55. The zero-order valence-corrected chi connectivity index (χ0v) is 15.6. The van der Waals surface area contributed by atoms with Crippen LogP contribution in [0.25, 0.3) is 17.4 Å². The minimum atomic E-state index is -1.16. The molecule has 2 N–H and O–H groups in total. The summed E-state index contributed by atoms with van der Waals surface area (Å²) in [5.41, 5.74) is 0.338. The maximum atomic E-state index is 12.4. The van der Waals surface area contributed by atoms with Crippen LogP contribution < -0.4 is 5.32 Å². The Hall–Kier alpha value is -2.97. The highest BCUT2D eigenvalue weighted by Gasteiger charge is 2.32. The predicted octanol–water partition coefficient (Wildman–Crippen LogP) is 2.94. The Labute approximate surface area is 164 Å². The fourth-order valence-corrected chi connectivity index (χ4v) is 3.05. The summed E-state index contributed by atoms with van der Waals surface area (Å²) in [6.45, 7) is 2.06. The molecule has 1 fully saturated rings. The van der Waals surface area contributed by atoms with Crippen LogP contribution in [0.1, 0.15) is 23.0 Å².